The zero-order valence-corrected chi connectivity index (χ0v) is 18.4. The molecule has 30 heavy (non-hydrogen) atoms. The fraction of sp³-hybridized carbons (Fsp3) is 0.500. The normalized spacial score (nSPS) is 16.5. The maximum atomic E-state index is 12.4. The minimum Gasteiger partial charge on any atom is -0.468 e. The van der Waals surface area contributed by atoms with Crippen molar-refractivity contribution in [3.8, 4) is 0 Å². The number of nitrogens with zero attached hydrogens (tertiary/aromatic N) is 2. The zero-order valence-electron chi connectivity index (χ0n) is 17.6. The summed E-state index contributed by atoms with van der Waals surface area (Å²) in [7, 11) is -3.26. The summed E-state index contributed by atoms with van der Waals surface area (Å²) in [4.78, 5) is 7.54. The van der Waals surface area contributed by atoms with Crippen molar-refractivity contribution in [3.05, 3.63) is 54.5 Å². The Morgan fingerprint density at radius 3 is 2.57 bits per heavy atom. The van der Waals surface area contributed by atoms with Gasteiger partial charge in [-0.05, 0) is 63.5 Å². The van der Waals surface area contributed by atoms with Gasteiger partial charge < -0.3 is 15.1 Å². The number of furan rings is 1. The first-order valence-electron chi connectivity index (χ1n) is 10.7. The van der Waals surface area contributed by atoms with Gasteiger partial charge in [-0.15, -0.1) is 0 Å². The molecule has 1 aromatic heterocycles. The summed E-state index contributed by atoms with van der Waals surface area (Å²) >= 11 is 0. The van der Waals surface area contributed by atoms with Crippen molar-refractivity contribution in [1.29, 1.82) is 0 Å². The molecule has 0 spiro atoms. The molecule has 0 bridgehead atoms. The zero-order chi connectivity index (χ0) is 21.2. The molecular formula is C22H32N4O3S. The van der Waals surface area contributed by atoms with E-state index in [0.717, 1.165) is 25.4 Å². The Bertz CT molecular complexity index is 876. The van der Waals surface area contributed by atoms with E-state index in [2.05, 4.69) is 15.5 Å². The minimum atomic E-state index is -3.26. The van der Waals surface area contributed by atoms with Gasteiger partial charge in [-0.3, -0.25) is 9.89 Å². The molecule has 0 radical (unpaired) electrons. The highest BCUT2D eigenvalue weighted by Crippen LogP contribution is 2.25. The molecule has 2 heterocycles. The molecule has 1 atom stereocenters. The molecule has 7 nitrogen and oxygen atoms in total. The van der Waals surface area contributed by atoms with Gasteiger partial charge in [0.15, 0.2) is 15.8 Å². The molecule has 1 fully saturated rings. The lowest BCUT2D eigenvalue weighted by Gasteiger charge is -2.24. The van der Waals surface area contributed by atoms with E-state index in [0.29, 0.717) is 30.4 Å². The van der Waals surface area contributed by atoms with Crippen LogP contribution < -0.4 is 10.6 Å². The van der Waals surface area contributed by atoms with Crippen LogP contribution in [0.4, 0.5) is 0 Å². The van der Waals surface area contributed by atoms with Crippen LogP contribution in [0.3, 0.4) is 0 Å². The van der Waals surface area contributed by atoms with Crippen LogP contribution in [0.25, 0.3) is 0 Å². The lowest BCUT2D eigenvalue weighted by Crippen LogP contribution is -2.39. The highest BCUT2D eigenvalue weighted by Gasteiger charge is 2.25. The average Bonchev–Trinajstić information content (AvgIpc) is 3.47. The van der Waals surface area contributed by atoms with E-state index in [1.165, 1.54) is 12.8 Å². The largest absolute Gasteiger partial charge is 0.468 e. The Morgan fingerprint density at radius 1 is 1.13 bits per heavy atom. The van der Waals surface area contributed by atoms with Crippen LogP contribution in [0.5, 0.6) is 0 Å². The number of hydrogen-bond donors (Lipinski definition) is 2. The summed E-state index contributed by atoms with van der Waals surface area (Å²) in [6, 6.07) is 12.6. The van der Waals surface area contributed by atoms with Crippen molar-refractivity contribution < 1.29 is 12.8 Å². The number of likely N-dealkylation sites (tertiary alicyclic amines) is 1. The van der Waals surface area contributed by atoms with Gasteiger partial charge in [-0.1, -0.05) is 18.2 Å². The first-order chi connectivity index (χ1) is 14.6. The molecule has 0 saturated carbocycles. The summed E-state index contributed by atoms with van der Waals surface area (Å²) in [5, 5.41) is 6.50. The lowest BCUT2D eigenvalue weighted by molar-refractivity contribution is 0.221. The van der Waals surface area contributed by atoms with E-state index < -0.39 is 9.84 Å². The van der Waals surface area contributed by atoms with Gasteiger partial charge in [0.1, 0.15) is 5.76 Å². The van der Waals surface area contributed by atoms with E-state index in [4.69, 9.17) is 9.41 Å². The quantitative estimate of drug-likeness (QED) is 0.341. The van der Waals surface area contributed by atoms with Crippen LogP contribution in [0.15, 0.2) is 63.0 Å². The van der Waals surface area contributed by atoms with Gasteiger partial charge in [0.05, 0.1) is 29.5 Å². The smallest absolute Gasteiger partial charge is 0.191 e. The van der Waals surface area contributed by atoms with Gasteiger partial charge in [-0.25, -0.2) is 8.42 Å². The first kappa shape index (κ1) is 22.4. The fourth-order valence-corrected chi connectivity index (χ4v) is 4.99. The summed E-state index contributed by atoms with van der Waals surface area (Å²) in [6.45, 7) is 5.99. The number of nitrogens with one attached hydrogen (secondary N) is 2. The molecule has 2 N–H and O–H groups in total. The maximum Gasteiger partial charge on any atom is 0.191 e. The summed E-state index contributed by atoms with van der Waals surface area (Å²) in [5.41, 5.74) is 0. The van der Waals surface area contributed by atoms with Crippen LogP contribution in [0.2, 0.25) is 0 Å². The Labute approximate surface area is 179 Å². The van der Waals surface area contributed by atoms with Crippen LogP contribution in [0.1, 0.15) is 38.0 Å². The molecule has 1 unspecified atom stereocenters. The standard InChI is InChI=1S/C22H32N4O3S/c1-2-23-22(24-13-9-17-30(27,28)19-10-4-3-5-11-19)25-18-20(21-12-8-16-29-21)26-14-6-7-15-26/h3-5,8,10-12,16,20H,2,6-7,9,13-15,17-18H2,1H3,(H2,23,24,25). The number of rotatable bonds is 10. The highest BCUT2D eigenvalue weighted by molar-refractivity contribution is 7.91. The Morgan fingerprint density at radius 2 is 1.90 bits per heavy atom. The molecule has 1 saturated heterocycles. The number of guanidine groups is 1. The van der Waals surface area contributed by atoms with E-state index in [-0.39, 0.29) is 11.8 Å². The minimum absolute atomic E-state index is 0.103. The third-order valence-corrected chi connectivity index (χ3v) is 7.02. The van der Waals surface area contributed by atoms with Crippen LogP contribution >= 0.6 is 0 Å². The molecule has 1 aromatic carbocycles. The van der Waals surface area contributed by atoms with Crippen molar-refractivity contribution in [2.75, 3.05) is 38.5 Å². The highest BCUT2D eigenvalue weighted by atomic mass is 32.2. The molecule has 3 rings (SSSR count). The average molecular weight is 433 g/mol. The lowest BCUT2D eigenvalue weighted by atomic mass is 10.2. The Kier molecular flexibility index (Phi) is 8.33. The summed E-state index contributed by atoms with van der Waals surface area (Å²) in [6.07, 6.45) is 4.62. The molecule has 1 aliphatic rings. The van der Waals surface area contributed by atoms with Crippen molar-refractivity contribution in [2.24, 2.45) is 4.99 Å². The van der Waals surface area contributed by atoms with Gasteiger partial charge in [0.25, 0.3) is 0 Å². The number of sulfone groups is 1. The van der Waals surface area contributed by atoms with Gasteiger partial charge in [0, 0.05) is 13.1 Å². The number of aliphatic imine (C=N–C) groups is 1. The van der Waals surface area contributed by atoms with Gasteiger partial charge >= 0.3 is 0 Å². The van der Waals surface area contributed by atoms with Crippen LogP contribution in [-0.2, 0) is 9.84 Å². The van der Waals surface area contributed by atoms with Gasteiger partial charge in [0.2, 0.25) is 0 Å². The van der Waals surface area contributed by atoms with E-state index in [1.54, 1.807) is 30.5 Å². The predicted molar refractivity (Wildman–Crippen MR) is 119 cm³/mol. The number of benzene rings is 1. The second-order valence-electron chi connectivity index (χ2n) is 7.41. The molecule has 2 aromatic rings. The second kappa shape index (κ2) is 11.2. The third-order valence-electron chi connectivity index (χ3n) is 5.20. The van der Waals surface area contributed by atoms with Gasteiger partial charge in [-0.2, -0.15) is 0 Å². The predicted octanol–water partition coefficient (Wildman–Crippen LogP) is 2.84. The van der Waals surface area contributed by atoms with Crippen molar-refractivity contribution in [1.82, 2.24) is 15.5 Å². The van der Waals surface area contributed by atoms with E-state index >= 15 is 0 Å². The molecule has 1 aliphatic heterocycles. The SMILES string of the molecule is CCNC(=NCC(c1ccco1)N1CCCC1)NCCCS(=O)(=O)c1ccccc1. The second-order valence-corrected chi connectivity index (χ2v) is 9.52. The molecule has 0 aliphatic carbocycles. The Hall–Kier alpha value is -2.32. The molecule has 8 heteroatoms. The van der Waals surface area contributed by atoms with E-state index in [1.807, 2.05) is 25.1 Å². The maximum absolute atomic E-state index is 12.4. The topological polar surface area (TPSA) is 86.9 Å². The monoisotopic (exact) mass is 432 g/mol. The van der Waals surface area contributed by atoms with Crippen molar-refractivity contribution in [2.45, 2.75) is 37.1 Å². The molecule has 164 valence electrons. The third kappa shape index (κ3) is 6.34. The molecule has 0 amide bonds. The first-order valence-corrected chi connectivity index (χ1v) is 12.3. The van der Waals surface area contributed by atoms with Crippen molar-refractivity contribution >= 4 is 15.8 Å². The summed E-state index contributed by atoms with van der Waals surface area (Å²) in [5.74, 6) is 1.74. The fourth-order valence-electron chi connectivity index (χ4n) is 3.65. The van der Waals surface area contributed by atoms with E-state index in [9.17, 15) is 8.42 Å². The number of hydrogen-bond acceptors (Lipinski definition) is 5. The van der Waals surface area contributed by atoms with Crippen LogP contribution in [-0.4, -0.2) is 57.8 Å². The van der Waals surface area contributed by atoms with Crippen molar-refractivity contribution in [3.63, 3.8) is 0 Å². The van der Waals surface area contributed by atoms with Crippen LogP contribution in [0, 0.1) is 0 Å². The molecular weight excluding hydrogens is 400 g/mol. The summed E-state index contributed by atoms with van der Waals surface area (Å²) < 4.78 is 30.5. The Balaban J connectivity index is 1.55.